The summed E-state index contributed by atoms with van der Waals surface area (Å²) in [5.41, 5.74) is 1.44. The molecule has 0 fully saturated rings. The summed E-state index contributed by atoms with van der Waals surface area (Å²) in [6, 6.07) is 0. The fourth-order valence-corrected chi connectivity index (χ4v) is 2.44. The van der Waals surface area contributed by atoms with Crippen LogP contribution in [0.5, 0.6) is 0 Å². The van der Waals surface area contributed by atoms with E-state index in [-0.39, 0.29) is 11.8 Å². The quantitative estimate of drug-likeness (QED) is 0.423. The van der Waals surface area contributed by atoms with Crippen LogP contribution >= 0.6 is 11.6 Å². The van der Waals surface area contributed by atoms with Crippen LogP contribution in [0.4, 0.5) is 0 Å². The van der Waals surface area contributed by atoms with E-state index in [0.29, 0.717) is 24.4 Å². The molecule has 0 aliphatic heterocycles. The Bertz CT molecular complexity index is 260. The third-order valence-electron chi connectivity index (χ3n) is 3.14. The minimum atomic E-state index is -0.317. The Balaban J connectivity index is 2.50. The largest absolute Gasteiger partial charge is 0.464 e. The zero-order valence-electron chi connectivity index (χ0n) is 9.63. The average molecular weight is 231 g/mol. The number of halogens is 1. The van der Waals surface area contributed by atoms with Crippen molar-refractivity contribution in [2.75, 3.05) is 12.5 Å². The summed E-state index contributed by atoms with van der Waals surface area (Å²) >= 11 is 5.38. The van der Waals surface area contributed by atoms with E-state index in [0.717, 1.165) is 6.42 Å². The second-order valence-corrected chi connectivity index (χ2v) is 4.80. The minimum absolute atomic E-state index is 0.0512. The average Bonchev–Trinajstić information content (AvgIpc) is 2.15. The van der Waals surface area contributed by atoms with E-state index in [1.807, 2.05) is 0 Å². The Morgan fingerprint density at radius 3 is 2.80 bits per heavy atom. The van der Waals surface area contributed by atoms with Crippen LogP contribution in [0.1, 0.15) is 27.2 Å². The molecule has 86 valence electrons. The summed E-state index contributed by atoms with van der Waals surface area (Å²) in [4.78, 5) is 11.0. The molecule has 0 amide bonds. The topological polar surface area (TPSA) is 26.3 Å². The summed E-state index contributed by atoms with van der Waals surface area (Å²) in [7, 11) is 0. The zero-order chi connectivity index (χ0) is 11.4. The first-order chi connectivity index (χ1) is 7.04. The van der Waals surface area contributed by atoms with E-state index in [1.165, 1.54) is 5.57 Å². The van der Waals surface area contributed by atoms with Gasteiger partial charge in [0, 0.05) is 5.92 Å². The highest BCUT2D eigenvalue weighted by molar-refractivity contribution is 6.26. The maximum Gasteiger partial charge on any atom is 0.320 e. The SMILES string of the molecule is CC1=C[C@H](C)[C@@H](COC(=O)CCl)[C@@H](C)C1. The van der Waals surface area contributed by atoms with Crippen molar-refractivity contribution >= 4 is 17.6 Å². The first kappa shape index (κ1) is 12.6. The predicted molar refractivity (Wildman–Crippen MR) is 61.9 cm³/mol. The maximum absolute atomic E-state index is 11.0. The molecule has 0 bridgehead atoms. The smallest absolute Gasteiger partial charge is 0.320 e. The third kappa shape index (κ3) is 3.53. The lowest BCUT2D eigenvalue weighted by molar-refractivity contribution is -0.142. The van der Waals surface area contributed by atoms with Crippen molar-refractivity contribution in [3.8, 4) is 0 Å². The van der Waals surface area contributed by atoms with Crippen molar-refractivity contribution in [1.82, 2.24) is 0 Å². The zero-order valence-corrected chi connectivity index (χ0v) is 10.4. The lowest BCUT2D eigenvalue weighted by Crippen LogP contribution is -2.28. The number of ether oxygens (including phenoxy) is 1. The van der Waals surface area contributed by atoms with Crippen molar-refractivity contribution in [1.29, 1.82) is 0 Å². The number of hydrogen-bond acceptors (Lipinski definition) is 2. The summed E-state index contributed by atoms with van der Waals surface area (Å²) < 4.78 is 5.11. The Kier molecular flexibility index (Phi) is 4.65. The van der Waals surface area contributed by atoms with Gasteiger partial charge in [0.25, 0.3) is 0 Å². The molecule has 0 radical (unpaired) electrons. The second-order valence-electron chi connectivity index (χ2n) is 4.53. The molecule has 0 aromatic rings. The van der Waals surface area contributed by atoms with Gasteiger partial charge in [0.15, 0.2) is 0 Å². The molecule has 1 aliphatic rings. The van der Waals surface area contributed by atoms with Gasteiger partial charge in [-0.15, -0.1) is 11.6 Å². The van der Waals surface area contributed by atoms with E-state index in [9.17, 15) is 4.79 Å². The highest BCUT2D eigenvalue weighted by Gasteiger charge is 2.27. The molecular formula is C12H19ClO2. The third-order valence-corrected chi connectivity index (χ3v) is 3.36. The summed E-state index contributed by atoms with van der Waals surface area (Å²) in [5, 5.41) is 0. The van der Waals surface area contributed by atoms with Crippen LogP contribution in [0.25, 0.3) is 0 Å². The Morgan fingerprint density at radius 2 is 2.27 bits per heavy atom. The summed E-state index contributed by atoms with van der Waals surface area (Å²) in [6.07, 6.45) is 3.38. The highest BCUT2D eigenvalue weighted by atomic mass is 35.5. The van der Waals surface area contributed by atoms with E-state index < -0.39 is 0 Å². The molecule has 0 spiro atoms. The molecule has 0 N–H and O–H groups in total. The van der Waals surface area contributed by atoms with E-state index in [2.05, 4.69) is 26.8 Å². The summed E-state index contributed by atoms with van der Waals surface area (Å²) in [6.45, 7) is 7.05. The van der Waals surface area contributed by atoms with Crippen LogP contribution in [0.2, 0.25) is 0 Å². The number of carbonyl (C=O) groups excluding carboxylic acids is 1. The molecule has 3 atom stereocenters. The van der Waals surface area contributed by atoms with Gasteiger partial charge in [0.05, 0.1) is 6.61 Å². The fraction of sp³-hybridized carbons (Fsp3) is 0.750. The highest BCUT2D eigenvalue weighted by Crippen LogP contribution is 2.33. The van der Waals surface area contributed by atoms with Crippen LogP contribution in [0.3, 0.4) is 0 Å². The first-order valence-corrected chi connectivity index (χ1v) is 5.97. The molecule has 0 aromatic carbocycles. The molecule has 0 heterocycles. The van der Waals surface area contributed by atoms with Crippen molar-refractivity contribution < 1.29 is 9.53 Å². The molecule has 1 rings (SSSR count). The van der Waals surface area contributed by atoms with Gasteiger partial charge in [-0.1, -0.05) is 25.5 Å². The lowest BCUT2D eigenvalue weighted by Gasteiger charge is -2.32. The lowest BCUT2D eigenvalue weighted by atomic mass is 9.75. The van der Waals surface area contributed by atoms with E-state index >= 15 is 0 Å². The standard InChI is InChI=1S/C12H19ClO2/c1-8-4-9(2)11(10(3)5-8)7-15-12(14)6-13/h4,9-11H,5-7H2,1-3H3/t9-,10-,11+/m0/s1. The molecule has 2 nitrogen and oxygen atoms in total. The van der Waals surface area contributed by atoms with Gasteiger partial charge in [-0.3, -0.25) is 4.79 Å². The van der Waals surface area contributed by atoms with Gasteiger partial charge in [0.2, 0.25) is 0 Å². The van der Waals surface area contributed by atoms with E-state index in [1.54, 1.807) is 0 Å². The van der Waals surface area contributed by atoms with E-state index in [4.69, 9.17) is 16.3 Å². The molecular weight excluding hydrogens is 212 g/mol. The van der Waals surface area contributed by atoms with Gasteiger partial charge in [-0.25, -0.2) is 0 Å². The van der Waals surface area contributed by atoms with Crippen LogP contribution in [-0.4, -0.2) is 18.5 Å². The number of rotatable bonds is 3. The van der Waals surface area contributed by atoms with Crippen molar-refractivity contribution in [3.05, 3.63) is 11.6 Å². The fourth-order valence-electron chi connectivity index (χ4n) is 2.36. The number of alkyl halides is 1. The Labute approximate surface area is 96.6 Å². The van der Waals surface area contributed by atoms with Crippen LogP contribution in [0, 0.1) is 17.8 Å². The first-order valence-electron chi connectivity index (χ1n) is 5.43. The van der Waals surface area contributed by atoms with Gasteiger partial charge >= 0.3 is 5.97 Å². The van der Waals surface area contributed by atoms with Crippen molar-refractivity contribution in [3.63, 3.8) is 0 Å². The molecule has 0 aromatic heterocycles. The van der Waals surface area contributed by atoms with Crippen LogP contribution in [-0.2, 0) is 9.53 Å². The van der Waals surface area contributed by atoms with Crippen LogP contribution in [0.15, 0.2) is 11.6 Å². The number of hydrogen-bond donors (Lipinski definition) is 0. The minimum Gasteiger partial charge on any atom is -0.464 e. The van der Waals surface area contributed by atoms with Crippen LogP contribution < -0.4 is 0 Å². The number of carbonyl (C=O) groups is 1. The second kappa shape index (κ2) is 5.55. The molecule has 0 saturated carbocycles. The number of allylic oxidation sites excluding steroid dienone is 2. The molecule has 1 aliphatic carbocycles. The Morgan fingerprint density at radius 1 is 1.60 bits per heavy atom. The monoisotopic (exact) mass is 230 g/mol. The maximum atomic E-state index is 11.0. The van der Waals surface area contributed by atoms with Gasteiger partial charge in [-0.05, 0) is 25.2 Å². The molecule has 3 heteroatoms. The number of esters is 1. The van der Waals surface area contributed by atoms with Crippen molar-refractivity contribution in [2.45, 2.75) is 27.2 Å². The predicted octanol–water partition coefficient (Wildman–Crippen LogP) is 3.01. The molecule has 15 heavy (non-hydrogen) atoms. The normalized spacial score (nSPS) is 30.9. The molecule has 0 unspecified atom stereocenters. The molecule has 0 saturated heterocycles. The summed E-state index contributed by atoms with van der Waals surface area (Å²) in [5.74, 6) is 1.12. The Hall–Kier alpha value is -0.500. The van der Waals surface area contributed by atoms with Gasteiger partial charge in [-0.2, -0.15) is 0 Å². The van der Waals surface area contributed by atoms with Crippen molar-refractivity contribution in [2.24, 2.45) is 17.8 Å². The van der Waals surface area contributed by atoms with Gasteiger partial charge < -0.3 is 4.74 Å². The van der Waals surface area contributed by atoms with Gasteiger partial charge in [0.1, 0.15) is 5.88 Å².